The summed E-state index contributed by atoms with van der Waals surface area (Å²) in [5.41, 5.74) is 0.965. The van der Waals surface area contributed by atoms with E-state index in [1.54, 1.807) is 22.1 Å². The summed E-state index contributed by atoms with van der Waals surface area (Å²) in [5, 5.41) is 3.07. The fraction of sp³-hybridized carbons (Fsp3) is 0.154. The summed E-state index contributed by atoms with van der Waals surface area (Å²) in [7, 11) is 0. The summed E-state index contributed by atoms with van der Waals surface area (Å²) in [6.07, 6.45) is -0.914. The van der Waals surface area contributed by atoms with Crippen LogP contribution in [0.3, 0.4) is 0 Å². The highest BCUT2D eigenvalue weighted by Gasteiger charge is 2.83. The number of rotatable bonds is 14. The van der Waals surface area contributed by atoms with Gasteiger partial charge in [0.15, 0.2) is 17.7 Å². The maximum absolute atomic E-state index is 16.6. The number of hydrogen-bond acceptors (Lipinski definition) is 9. The van der Waals surface area contributed by atoms with Gasteiger partial charge in [0.05, 0.1) is 18.5 Å². The summed E-state index contributed by atoms with van der Waals surface area (Å²) >= 11 is 0. The lowest BCUT2D eigenvalue weighted by molar-refractivity contribution is -0.192. The number of fused-ring (bicyclic) bond motifs is 7. The minimum atomic E-state index is -2.54. The molecular formula is C65H52N4O7. The average molecular weight is 1000 g/mol. The predicted molar refractivity (Wildman–Crippen MR) is 286 cm³/mol. The molecule has 3 amide bonds. The van der Waals surface area contributed by atoms with Gasteiger partial charge in [0, 0.05) is 23.7 Å². The molecule has 374 valence electrons. The second-order valence-electron chi connectivity index (χ2n) is 19.6. The minimum Gasteiger partial charge on any atom is -0.451 e. The summed E-state index contributed by atoms with van der Waals surface area (Å²) in [6, 6.07) is 68.5. The molecule has 0 radical (unpaired) electrons. The van der Waals surface area contributed by atoms with Gasteiger partial charge in [0.25, 0.3) is 5.91 Å². The number of amides is 3. The van der Waals surface area contributed by atoms with Crippen molar-refractivity contribution in [1.29, 1.82) is 0 Å². The topological polar surface area (TPSA) is 117 Å². The molecule has 76 heavy (non-hydrogen) atoms. The Morgan fingerprint density at radius 1 is 0.513 bits per heavy atom. The van der Waals surface area contributed by atoms with E-state index in [1.165, 1.54) is 9.91 Å². The van der Waals surface area contributed by atoms with Crippen molar-refractivity contribution >= 4 is 35.3 Å². The smallest absolute Gasteiger partial charge is 0.340 e. The molecule has 8 aromatic rings. The van der Waals surface area contributed by atoms with Gasteiger partial charge in [-0.15, -0.1) is 6.58 Å². The number of anilines is 1. The number of hydrazine groups is 1. The van der Waals surface area contributed by atoms with E-state index in [0.717, 1.165) is 5.56 Å². The van der Waals surface area contributed by atoms with Crippen LogP contribution in [0.25, 0.3) is 0 Å². The number of benzene rings is 8. The molecule has 4 aliphatic heterocycles. The first-order chi connectivity index (χ1) is 37.3. The first-order valence-corrected chi connectivity index (χ1v) is 25.5. The second kappa shape index (κ2) is 19.7. The number of nitrogens with zero attached hydrogens (tertiary/aromatic N) is 4. The minimum absolute atomic E-state index is 0.117. The van der Waals surface area contributed by atoms with Gasteiger partial charge in [-0.3, -0.25) is 19.3 Å². The molecule has 3 saturated heterocycles. The van der Waals surface area contributed by atoms with Crippen molar-refractivity contribution in [2.75, 3.05) is 4.90 Å². The van der Waals surface area contributed by atoms with Gasteiger partial charge >= 0.3 is 11.9 Å². The molecule has 8 aromatic carbocycles. The highest BCUT2D eigenvalue weighted by molar-refractivity contribution is 6.18. The molecule has 0 bridgehead atoms. The molecule has 3 fully saturated rings. The van der Waals surface area contributed by atoms with Crippen LogP contribution in [-0.2, 0) is 45.5 Å². The van der Waals surface area contributed by atoms with Gasteiger partial charge in [-0.25, -0.2) is 14.6 Å². The van der Waals surface area contributed by atoms with E-state index in [2.05, 4.69) is 6.58 Å². The molecule has 0 unspecified atom stereocenters. The number of carbonyl (C=O) groups excluding carboxylic acids is 5. The Bertz CT molecular complexity index is 3250. The molecule has 12 rings (SSSR count). The first-order valence-electron chi connectivity index (χ1n) is 25.5. The van der Waals surface area contributed by atoms with Gasteiger partial charge in [-0.1, -0.05) is 237 Å². The molecule has 11 nitrogen and oxygen atoms in total. The van der Waals surface area contributed by atoms with Crippen LogP contribution >= 0.6 is 0 Å². The summed E-state index contributed by atoms with van der Waals surface area (Å²) < 4.78 is 13.7. The Hall–Kier alpha value is -9.03. The number of likely N-dealkylation sites (tertiary alicyclic amines) is 1. The molecule has 0 N–H and O–H groups in total. The normalized spacial score (nSPS) is 20.6. The molecule has 0 aromatic heterocycles. The van der Waals surface area contributed by atoms with Crippen LogP contribution in [0.5, 0.6) is 0 Å². The fourth-order valence-electron chi connectivity index (χ4n) is 12.2. The number of esters is 2. The van der Waals surface area contributed by atoms with Crippen LogP contribution < -0.4 is 4.90 Å². The van der Waals surface area contributed by atoms with Gasteiger partial charge in [-0.05, 0) is 45.0 Å². The molecule has 1 spiro atoms. The fourth-order valence-corrected chi connectivity index (χ4v) is 12.2. The molecule has 4 atom stereocenters. The van der Waals surface area contributed by atoms with Crippen molar-refractivity contribution < 1.29 is 33.4 Å². The number of hydrogen-bond donors (Lipinski definition) is 0. The Morgan fingerprint density at radius 2 is 0.908 bits per heavy atom. The third kappa shape index (κ3) is 7.61. The van der Waals surface area contributed by atoms with E-state index >= 15 is 24.0 Å². The molecule has 4 aliphatic rings. The second-order valence-corrected chi connectivity index (χ2v) is 19.6. The van der Waals surface area contributed by atoms with Gasteiger partial charge in [0.1, 0.15) is 6.04 Å². The maximum Gasteiger partial charge on any atom is 0.340 e. The third-order valence-electron chi connectivity index (χ3n) is 15.5. The van der Waals surface area contributed by atoms with E-state index in [0.29, 0.717) is 44.6 Å². The zero-order valence-corrected chi connectivity index (χ0v) is 41.3. The van der Waals surface area contributed by atoms with Crippen molar-refractivity contribution in [1.82, 2.24) is 14.9 Å². The van der Waals surface area contributed by atoms with Crippen LogP contribution in [0.1, 0.15) is 69.2 Å². The molecule has 4 heterocycles. The summed E-state index contributed by atoms with van der Waals surface area (Å²) in [6.45, 7) is 4.42. The van der Waals surface area contributed by atoms with Crippen LogP contribution in [-0.4, -0.2) is 62.2 Å². The lowest BCUT2D eigenvalue weighted by Gasteiger charge is -2.42. The Labute approximate surface area is 440 Å². The van der Waals surface area contributed by atoms with E-state index < -0.39 is 77.0 Å². The molecule has 0 saturated carbocycles. The van der Waals surface area contributed by atoms with Crippen molar-refractivity contribution in [2.45, 2.75) is 54.4 Å². The lowest BCUT2D eigenvalue weighted by atomic mass is 9.75. The predicted octanol–water partition coefficient (Wildman–Crippen LogP) is 10.5. The van der Waals surface area contributed by atoms with E-state index in [1.807, 2.05) is 231 Å². The Balaban J connectivity index is 1.11. The summed E-state index contributed by atoms with van der Waals surface area (Å²) in [5.74, 6) is -5.46. The molecule has 11 heteroatoms. The number of para-hydroxylation sites is 1. The highest BCUT2D eigenvalue weighted by atomic mass is 16.6. The van der Waals surface area contributed by atoms with E-state index in [9.17, 15) is 0 Å². The van der Waals surface area contributed by atoms with Crippen molar-refractivity contribution in [3.8, 4) is 0 Å². The van der Waals surface area contributed by atoms with Crippen molar-refractivity contribution in [2.24, 2.45) is 5.92 Å². The van der Waals surface area contributed by atoms with Gasteiger partial charge in [-0.2, -0.15) is 5.01 Å². The summed E-state index contributed by atoms with van der Waals surface area (Å²) in [4.78, 5) is 85.5. The van der Waals surface area contributed by atoms with Crippen molar-refractivity contribution in [3.05, 3.63) is 294 Å². The molecule has 0 aliphatic carbocycles. The van der Waals surface area contributed by atoms with E-state index in [-0.39, 0.29) is 13.0 Å². The highest BCUT2D eigenvalue weighted by Crippen LogP contribution is 2.64. The molecular weight excluding hydrogens is 949 g/mol. The third-order valence-corrected chi connectivity index (χ3v) is 15.5. The average Bonchev–Trinajstić information content (AvgIpc) is 4.19. The van der Waals surface area contributed by atoms with Crippen LogP contribution in [0, 0.1) is 5.92 Å². The Kier molecular flexibility index (Phi) is 12.4. The standard InChI is InChI=1S/C65H52N4O7/c1-2-51-42-64(62(73)75-57(47-32-16-6-17-33-47)48-34-18-7-19-35-48,63(74)76-58(49-36-20-8-21-37-49)50-38-22-9-23-39-50)69-56-54(59(70)67(60(56)71)55(45-28-12-4-13-29-45)46-30-14-5-15-31-46)65(68(51)69)52-40-24-25-41-53(52)66(61(65)72)43-44-26-10-3-11-27-44/h2-41,51,54-58H,1,42-43H2/t51-,54-,56+,65+/m1/s1. The maximum atomic E-state index is 16.6. The number of ether oxygens (including phenoxy) is 2. The van der Waals surface area contributed by atoms with Crippen LogP contribution in [0.2, 0.25) is 0 Å². The largest absolute Gasteiger partial charge is 0.451 e. The van der Waals surface area contributed by atoms with E-state index in [4.69, 9.17) is 9.47 Å². The van der Waals surface area contributed by atoms with Gasteiger partial charge in [0.2, 0.25) is 17.4 Å². The number of carbonyl (C=O) groups is 5. The zero-order chi connectivity index (χ0) is 52.0. The Morgan fingerprint density at radius 3 is 1.34 bits per heavy atom. The SMILES string of the molecule is C=C[C@@H]1CC(C(=O)OC(c2ccccc2)c2ccccc2)(C(=O)OC(c2ccccc2)c2ccccc2)N2[C@@H]3C(=O)N(C(c4ccccc4)c4ccccc4)C(=O)[C@@H]3[C@@]3(C(=O)N(Cc4ccccc4)c4ccccc43)N12. The van der Waals surface area contributed by atoms with Crippen LogP contribution in [0.4, 0.5) is 5.69 Å². The van der Waals surface area contributed by atoms with Gasteiger partial charge < -0.3 is 14.4 Å². The lowest BCUT2D eigenvalue weighted by Crippen LogP contribution is -2.65. The monoisotopic (exact) mass is 1000 g/mol. The van der Waals surface area contributed by atoms with Crippen molar-refractivity contribution in [3.63, 3.8) is 0 Å². The first kappa shape index (κ1) is 47.9. The van der Waals surface area contributed by atoms with Crippen LogP contribution in [0.15, 0.2) is 249 Å². The zero-order valence-electron chi connectivity index (χ0n) is 41.3. The quantitative estimate of drug-likeness (QED) is 0.0454. The number of imide groups is 1.